The van der Waals surface area contributed by atoms with Gasteiger partial charge in [-0.1, -0.05) is 12.1 Å². The zero-order valence-electron chi connectivity index (χ0n) is 21.2. The quantitative estimate of drug-likeness (QED) is 0.661. The average molecular weight is 474 g/mol. The third-order valence-corrected chi connectivity index (χ3v) is 8.90. The van der Waals surface area contributed by atoms with E-state index < -0.39 is 29.7 Å². The fourth-order valence-electron chi connectivity index (χ4n) is 5.77. The standard InChI is InChI=1S/C26H37BF2N2O3/c1-23(2)20-8-7-16(27-33-24(3,4)25(5,6)34-27)13-21(20)31(22(23)32)19-14-18(15-19)30-17-9-11-26(28,29)12-10-17/h7-8,13,17-19,30H,9-12,14-15H2,1-6H3. The predicted molar refractivity (Wildman–Crippen MR) is 130 cm³/mol. The molecule has 4 aliphatic rings. The Morgan fingerprint density at radius 3 is 2.15 bits per heavy atom. The van der Waals surface area contributed by atoms with Gasteiger partial charge in [0.1, 0.15) is 0 Å². The number of fused-ring (bicyclic) bond motifs is 1. The highest BCUT2D eigenvalue weighted by Gasteiger charge is 2.53. The molecule has 1 aromatic rings. The highest BCUT2D eigenvalue weighted by molar-refractivity contribution is 6.62. The number of hydrogen-bond acceptors (Lipinski definition) is 4. The Morgan fingerprint density at radius 1 is 0.971 bits per heavy atom. The molecular formula is C26H37BF2N2O3. The number of alkyl halides is 2. The lowest BCUT2D eigenvalue weighted by Gasteiger charge is -2.44. The molecule has 1 amide bonds. The normalized spacial score (nSPS) is 31.5. The molecule has 0 bridgehead atoms. The van der Waals surface area contributed by atoms with Crippen molar-refractivity contribution < 1.29 is 22.9 Å². The minimum absolute atomic E-state index is 0.0330. The summed E-state index contributed by atoms with van der Waals surface area (Å²) in [6.07, 6.45) is 2.65. The molecule has 186 valence electrons. The Labute approximate surface area is 202 Å². The first-order valence-electron chi connectivity index (χ1n) is 12.7. The second kappa shape index (κ2) is 7.74. The van der Waals surface area contributed by atoms with Crippen LogP contribution in [0.4, 0.5) is 14.5 Å². The summed E-state index contributed by atoms with van der Waals surface area (Å²) in [6.45, 7) is 12.1. The lowest BCUT2D eigenvalue weighted by atomic mass is 9.76. The molecule has 5 nitrogen and oxygen atoms in total. The van der Waals surface area contributed by atoms with Crippen molar-refractivity contribution in [2.24, 2.45) is 0 Å². The van der Waals surface area contributed by atoms with Crippen LogP contribution in [0, 0.1) is 0 Å². The molecule has 1 saturated heterocycles. The molecule has 5 rings (SSSR count). The summed E-state index contributed by atoms with van der Waals surface area (Å²) in [5, 5.41) is 3.57. The van der Waals surface area contributed by atoms with Crippen LogP contribution in [0.2, 0.25) is 0 Å². The first kappa shape index (κ1) is 24.2. The van der Waals surface area contributed by atoms with Crippen molar-refractivity contribution in [3.8, 4) is 0 Å². The molecule has 0 unspecified atom stereocenters. The predicted octanol–water partition coefficient (Wildman–Crippen LogP) is 4.31. The van der Waals surface area contributed by atoms with E-state index in [0.717, 1.165) is 29.6 Å². The Hall–Kier alpha value is -1.51. The molecular weight excluding hydrogens is 437 g/mol. The van der Waals surface area contributed by atoms with Crippen molar-refractivity contribution >= 4 is 24.2 Å². The van der Waals surface area contributed by atoms with Crippen molar-refractivity contribution in [2.45, 2.75) is 121 Å². The van der Waals surface area contributed by atoms with Crippen LogP contribution in [0.15, 0.2) is 18.2 Å². The van der Waals surface area contributed by atoms with Gasteiger partial charge in [-0.05, 0) is 84.3 Å². The Bertz CT molecular complexity index is 964. The number of halogens is 2. The molecule has 0 radical (unpaired) electrons. The van der Waals surface area contributed by atoms with Crippen LogP contribution >= 0.6 is 0 Å². The summed E-state index contributed by atoms with van der Waals surface area (Å²) in [4.78, 5) is 15.5. The van der Waals surface area contributed by atoms with Crippen LogP contribution in [-0.2, 0) is 19.5 Å². The second-order valence-corrected chi connectivity index (χ2v) is 12.3. The third kappa shape index (κ3) is 3.90. The van der Waals surface area contributed by atoms with Gasteiger partial charge in [-0.2, -0.15) is 0 Å². The van der Waals surface area contributed by atoms with Gasteiger partial charge in [0.15, 0.2) is 0 Å². The van der Waals surface area contributed by atoms with Crippen molar-refractivity contribution in [1.82, 2.24) is 5.32 Å². The van der Waals surface area contributed by atoms with Crippen molar-refractivity contribution in [1.29, 1.82) is 0 Å². The molecule has 2 saturated carbocycles. The van der Waals surface area contributed by atoms with Crippen LogP contribution in [0.3, 0.4) is 0 Å². The number of anilines is 1. The summed E-state index contributed by atoms with van der Waals surface area (Å²) < 4.78 is 39.5. The number of benzene rings is 1. The summed E-state index contributed by atoms with van der Waals surface area (Å²) in [6, 6.07) is 6.66. The van der Waals surface area contributed by atoms with E-state index in [2.05, 4.69) is 11.4 Å². The molecule has 2 aliphatic heterocycles. The lowest BCUT2D eigenvalue weighted by Crippen LogP contribution is -2.57. The summed E-state index contributed by atoms with van der Waals surface area (Å²) in [7, 11) is -0.476. The minimum Gasteiger partial charge on any atom is -0.399 e. The zero-order valence-corrected chi connectivity index (χ0v) is 21.2. The van der Waals surface area contributed by atoms with E-state index in [4.69, 9.17) is 9.31 Å². The fourth-order valence-corrected chi connectivity index (χ4v) is 5.77. The monoisotopic (exact) mass is 474 g/mol. The molecule has 3 fully saturated rings. The lowest BCUT2D eigenvalue weighted by molar-refractivity contribution is -0.123. The van der Waals surface area contributed by atoms with E-state index in [-0.39, 0.29) is 36.9 Å². The van der Waals surface area contributed by atoms with Crippen LogP contribution < -0.4 is 15.7 Å². The van der Waals surface area contributed by atoms with Gasteiger partial charge in [0.05, 0.1) is 16.6 Å². The number of carbonyl (C=O) groups is 1. The maximum Gasteiger partial charge on any atom is 0.494 e. The molecule has 34 heavy (non-hydrogen) atoms. The zero-order chi connectivity index (χ0) is 24.7. The van der Waals surface area contributed by atoms with E-state index >= 15 is 0 Å². The number of carbonyl (C=O) groups excluding carboxylic acids is 1. The van der Waals surface area contributed by atoms with Gasteiger partial charge in [-0.3, -0.25) is 4.79 Å². The topological polar surface area (TPSA) is 50.8 Å². The van der Waals surface area contributed by atoms with Gasteiger partial charge >= 0.3 is 7.12 Å². The highest BCUT2D eigenvalue weighted by atomic mass is 19.3. The SMILES string of the molecule is CC1(C)C(=O)N(C2CC(NC3CCC(F)(F)CC3)C2)c2cc(B3OC(C)(C)C(C)(C)O3)ccc21. The molecule has 1 aromatic carbocycles. The van der Waals surface area contributed by atoms with Gasteiger partial charge in [0.25, 0.3) is 0 Å². The first-order chi connectivity index (χ1) is 15.7. The molecule has 8 heteroatoms. The van der Waals surface area contributed by atoms with Crippen LogP contribution in [0.25, 0.3) is 0 Å². The van der Waals surface area contributed by atoms with Crippen molar-refractivity contribution in [3.05, 3.63) is 23.8 Å². The largest absolute Gasteiger partial charge is 0.494 e. The number of rotatable bonds is 4. The number of nitrogens with zero attached hydrogens (tertiary/aromatic N) is 1. The number of nitrogens with one attached hydrogen (secondary N) is 1. The van der Waals surface area contributed by atoms with E-state index in [0.29, 0.717) is 12.8 Å². The molecule has 2 heterocycles. The maximum absolute atomic E-state index is 13.5. The summed E-state index contributed by atoms with van der Waals surface area (Å²) in [5.74, 6) is -2.39. The Morgan fingerprint density at radius 2 is 1.56 bits per heavy atom. The van der Waals surface area contributed by atoms with Gasteiger partial charge < -0.3 is 19.5 Å². The molecule has 0 aromatic heterocycles. The van der Waals surface area contributed by atoms with Crippen molar-refractivity contribution in [3.63, 3.8) is 0 Å². The van der Waals surface area contributed by atoms with Gasteiger partial charge in [-0.15, -0.1) is 0 Å². The smallest absolute Gasteiger partial charge is 0.399 e. The maximum atomic E-state index is 13.5. The van der Waals surface area contributed by atoms with Gasteiger partial charge in [-0.25, -0.2) is 8.78 Å². The molecule has 1 N–H and O–H groups in total. The van der Waals surface area contributed by atoms with Crippen LogP contribution in [0.1, 0.15) is 85.6 Å². The highest BCUT2D eigenvalue weighted by Crippen LogP contribution is 2.46. The van der Waals surface area contributed by atoms with Gasteiger partial charge in [0.2, 0.25) is 11.8 Å². The average Bonchev–Trinajstić information content (AvgIpc) is 3.05. The van der Waals surface area contributed by atoms with Crippen LogP contribution in [-0.4, -0.2) is 48.3 Å². The summed E-state index contributed by atoms with van der Waals surface area (Å²) >= 11 is 0. The number of hydrogen-bond donors (Lipinski definition) is 1. The van der Waals surface area contributed by atoms with E-state index in [1.165, 1.54) is 0 Å². The molecule has 2 aliphatic carbocycles. The van der Waals surface area contributed by atoms with E-state index in [9.17, 15) is 13.6 Å². The minimum atomic E-state index is -2.51. The summed E-state index contributed by atoms with van der Waals surface area (Å²) in [5.41, 5.74) is 1.46. The van der Waals surface area contributed by atoms with Gasteiger partial charge in [0, 0.05) is 36.7 Å². The number of amides is 1. The Kier molecular flexibility index (Phi) is 5.51. The molecule has 0 spiro atoms. The fraction of sp³-hybridized carbons (Fsp3) is 0.731. The van der Waals surface area contributed by atoms with E-state index in [1.54, 1.807) is 0 Å². The van der Waals surface area contributed by atoms with Crippen LogP contribution in [0.5, 0.6) is 0 Å². The second-order valence-electron chi connectivity index (χ2n) is 12.3. The molecule has 0 atom stereocenters. The Balaban J connectivity index is 1.31. The first-order valence-corrected chi connectivity index (χ1v) is 12.7. The van der Waals surface area contributed by atoms with Crippen molar-refractivity contribution in [2.75, 3.05) is 4.90 Å². The van der Waals surface area contributed by atoms with E-state index in [1.807, 2.05) is 58.6 Å². The third-order valence-electron chi connectivity index (χ3n) is 8.90.